The Labute approximate surface area is 175 Å². The second-order valence-electron chi connectivity index (χ2n) is 7.29. The first-order chi connectivity index (χ1) is 14.7. The Morgan fingerprint density at radius 1 is 0.867 bits per heavy atom. The molecular formula is C23H25N5O2. The van der Waals surface area contributed by atoms with Crippen LogP contribution in [0.4, 0.5) is 5.69 Å². The number of para-hydroxylation sites is 2. The Kier molecular flexibility index (Phi) is 6.08. The van der Waals surface area contributed by atoms with Gasteiger partial charge in [-0.2, -0.15) is 5.10 Å². The van der Waals surface area contributed by atoms with Gasteiger partial charge < -0.3 is 15.1 Å². The number of hydrogen-bond donors (Lipinski definition) is 1. The maximum absolute atomic E-state index is 12.5. The largest absolute Gasteiger partial charge is 0.368 e. The molecule has 0 bridgehead atoms. The van der Waals surface area contributed by atoms with Crippen LogP contribution in [-0.2, 0) is 16.0 Å². The summed E-state index contributed by atoms with van der Waals surface area (Å²) in [7, 11) is 0. The van der Waals surface area contributed by atoms with E-state index < -0.39 is 0 Å². The highest BCUT2D eigenvalue weighted by molar-refractivity contribution is 5.85. The molecular weight excluding hydrogens is 378 g/mol. The molecule has 7 heteroatoms. The zero-order chi connectivity index (χ0) is 20.8. The fourth-order valence-corrected chi connectivity index (χ4v) is 3.56. The molecule has 3 aromatic rings. The topological polar surface area (TPSA) is 70.5 Å². The molecule has 2 amide bonds. The summed E-state index contributed by atoms with van der Waals surface area (Å²) in [6.45, 7) is 2.93. The van der Waals surface area contributed by atoms with Gasteiger partial charge in [-0.15, -0.1) is 0 Å². The highest BCUT2D eigenvalue weighted by Gasteiger charge is 2.21. The average molecular weight is 403 g/mol. The minimum atomic E-state index is -0.182. The van der Waals surface area contributed by atoms with Crippen LogP contribution in [0.3, 0.4) is 0 Å². The molecule has 0 radical (unpaired) electrons. The summed E-state index contributed by atoms with van der Waals surface area (Å²) in [5.41, 5.74) is 2.92. The lowest BCUT2D eigenvalue weighted by Gasteiger charge is -2.36. The Hall–Kier alpha value is -3.61. The number of nitrogens with one attached hydrogen (secondary N) is 1. The van der Waals surface area contributed by atoms with Gasteiger partial charge in [0.05, 0.1) is 24.8 Å². The zero-order valence-corrected chi connectivity index (χ0v) is 16.8. The summed E-state index contributed by atoms with van der Waals surface area (Å²) in [6, 6.07) is 19.9. The van der Waals surface area contributed by atoms with Gasteiger partial charge in [-0.25, -0.2) is 4.68 Å². The predicted molar refractivity (Wildman–Crippen MR) is 116 cm³/mol. The van der Waals surface area contributed by atoms with E-state index in [0.717, 1.165) is 24.3 Å². The summed E-state index contributed by atoms with van der Waals surface area (Å²) in [6.07, 6.45) is 3.71. The third-order valence-electron chi connectivity index (χ3n) is 5.21. The molecule has 0 saturated carbocycles. The maximum atomic E-state index is 12.5. The van der Waals surface area contributed by atoms with E-state index in [2.05, 4.69) is 27.4 Å². The molecule has 0 atom stereocenters. The number of amides is 2. The minimum absolute atomic E-state index is 0.0248. The van der Waals surface area contributed by atoms with E-state index in [-0.39, 0.29) is 24.8 Å². The second-order valence-corrected chi connectivity index (χ2v) is 7.29. The van der Waals surface area contributed by atoms with Crippen molar-refractivity contribution < 1.29 is 9.59 Å². The monoisotopic (exact) mass is 403 g/mol. The Morgan fingerprint density at radius 3 is 2.17 bits per heavy atom. The Balaban J connectivity index is 1.22. The van der Waals surface area contributed by atoms with Crippen molar-refractivity contribution in [2.75, 3.05) is 37.6 Å². The lowest BCUT2D eigenvalue weighted by Crippen LogP contribution is -2.51. The smallest absolute Gasteiger partial charge is 0.242 e. The number of anilines is 1. The molecule has 1 fully saturated rings. The van der Waals surface area contributed by atoms with Crippen molar-refractivity contribution in [3.63, 3.8) is 0 Å². The summed E-state index contributed by atoms with van der Waals surface area (Å²) >= 11 is 0. The zero-order valence-electron chi connectivity index (χ0n) is 16.8. The van der Waals surface area contributed by atoms with Crippen molar-refractivity contribution in [1.82, 2.24) is 20.0 Å². The molecule has 7 nitrogen and oxygen atoms in total. The van der Waals surface area contributed by atoms with Crippen molar-refractivity contribution in [1.29, 1.82) is 0 Å². The van der Waals surface area contributed by atoms with Crippen LogP contribution in [0.1, 0.15) is 5.56 Å². The van der Waals surface area contributed by atoms with Gasteiger partial charge in [-0.1, -0.05) is 36.4 Å². The first-order valence-corrected chi connectivity index (χ1v) is 10.1. The maximum Gasteiger partial charge on any atom is 0.242 e. The van der Waals surface area contributed by atoms with Crippen molar-refractivity contribution in [2.24, 2.45) is 0 Å². The van der Waals surface area contributed by atoms with Crippen LogP contribution in [0.15, 0.2) is 73.1 Å². The van der Waals surface area contributed by atoms with Crippen LogP contribution < -0.4 is 10.2 Å². The fourth-order valence-electron chi connectivity index (χ4n) is 3.56. The van der Waals surface area contributed by atoms with E-state index in [1.165, 1.54) is 5.69 Å². The molecule has 30 heavy (non-hydrogen) atoms. The quantitative estimate of drug-likeness (QED) is 0.682. The summed E-state index contributed by atoms with van der Waals surface area (Å²) < 4.78 is 1.74. The van der Waals surface area contributed by atoms with Crippen molar-refractivity contribution in [2.45, 2.75) is 6.42 Å². The number of rotatable bonds is 6. The lowest BCUT2D eigenvalue weighted by atomic mass is 10.2. The van der Waals surface area contributed by atoms with Gasteiger partial charge in [0.25, 0.3) is 0 Å². The SMILES string of the molecule is O=C(Cc1cnn(-c2ccccc2)c1)NCC(=O)N1CCN(c2ccccc2)CC1. The van der Waals surface area contributed by atoms with Crippen molar-refractivity contribution in [3.8, 4) is 5.69 Å². The summed E-state index contributed by atoms with van der Waals surface area (Å²) in [5.74, 6) is -0.227. The molecule has 1 aliphatic heterocycles. The van der Waals surface area contributed by atoms with Crippen LogP contribution in [-0.4, -0.2) is 59.2 Å². The molecule has 1 aliphatic rings. The molecule has 1 saturated heterocycles. The first-order valence-electron chi connectivity index (χ1n) is 10.1. The van der Waals surface area contributed by atoms with Gasteiger partial charge in [0, 0.05) is 38.1 Å². The molecule has 4 rings (SSSR count). The minimum Gasteiger partial charge on any atom is -0.368 e. The predicted octanol–water partition coefficient (Wildman–Crippen LogP) is 1.88. The van der Waals surface area contributed by atoms with Gasteiger partial charge in [-0.05, 0) is 29.8 Å². The van der Waals surface area contributed by atoms with E-state index in [4.69, 9.17) is 0 Å². The molecule has 0 aliphatic carbocycles. The number of piperazine rings is 1. The Morgan fingerprint density at radius 2 is 1.50 bits per heavy atom. The normalized spacial score (nSPS) is 13.9. The van der Waals surface area contributed by atoms with E-state index in [1.807, 2.05) is 59.6 Å². The number of carbonyl (C=O) groups excluding carboxylic acids is 2. The van der Waals surface area contributed by atoms with Crippen LogP contribution in [0.25, 0.3) is 5.69 Å². The molecule has 154 valence electrons. The van der Waals surface area contributed by atoms with E-state index in [9.17, 15) is 9.59 Å². The standard InChI is InChI=1S/C23H25N5O2/c29-22(15-19-16-25-28(18-19)21-9-5-2-6-10-21)24-17-23(30)27-13-11-26(12-14-27)20-7-3-1-4-8-20/h1-10,16,18H,11-15,17H2,(H,24,29). The van der Waals surface area contributed by atoms with Crippen molar-refractivity contribution >= 4 is 17.5 Å². The molecule has 2 aromatic carbocycles. The molecule has 1 aromatic heterocycles. The summed E-state index contributed by atoms with van der Waals surface area (Å²) in [5, 5.41) is 7.04. The third kappa shape index (κ3) is 4.86. The van der Waals surface area contributed by atoms with Gasteiger partial charge in [-0.3, -0.25) is 9.59 Å². The lowest BCUT2D eigenvalue weighted by molar-refractivity contribution is -0.133. The van der Waals surface area contributed by atoms with E-state index >= 15 is 0 Å². The first kappa shape index (κ1) is 19.7. The van der Waals surface area contributed by atoms with Crippen LogP contribution >= 0.6 is 0 Å². The fraction of sp³-hybridized carbons (Fsp3) is 0.261. The van der Waals surface area contributed by atoms with Crippen LogP contribution in [0.2, 0.25) is 0 Å². The van der Waals surface area contributed by atoms with E-state index in [0.29, 0.717) is 13.1 Å². The van der Waals surface area contributed by atoms with Gasteiger partial charge in [0.1, 0.15) is 0 Å². The molecule has 1 N–H and O–H groups in total. The molecule has 0 spiro atoms. The summed E-state index contributed by atoms with van der Waals surface area (Å²) in [4.78, 5) is 28.8. The van der Waals surface area contributed by atoms with Gasteiger partial charge in [0.15, 0.2) is 0 Å². The average Bonchev–Trinajstić information content (AvgIpc) is 3.27. The van der Waals surface area contributed by atoms with Crippen LogP contribution in [0, 0.1) is 0 Å². The van der Waals surface area contributed by atoms with Crippen molar-refractivity contribution in [3.05, 3.63) is 78.6 Å². The van der Waals surface area contributed by atoms with Gasteiger partial charge in [0.2, 0.25) is 11.8 Å². The number of benzene rings is 2. The highest BCUT2D eigenvalue weighted by Crippen LogP contribution is 2.15. The number of aromatic nitrogens is 2. The third-order valence-corrected chi connectivity index (χ3v) is 5.21. The highest BCUT2D eigenvalue weighted by atomic mass is 16.2. The van der Waals surface area contributed by atoms with Gasteiger partial charge >= 0.3 is 0 Å². The number of hydrogen-bond acceptors (Lipinski definition) is 4. The number of carbonyl (C=O) groups is 2. The Bertz CT molecular complexity index is 979. The number of nitrogens with zero attached hydrogens (tertiary/aromatic N) is 4. The molecule has 2 heterocycles. The van der Waals surface area contributed by atoms with Crippen LogP contribution in [0.5, 0.6) is 0 Å². The van der Waals surface area contributed by atoms with E-state index in [1.54, 1.807) is 10.9 Å². The second kappa shape index (κ2) is 9.26. The molecule has 0 unspecified atom stereocenters.